The van der Waals surface area contributed by atoms with Crippen molar-refractivity contribution in [2.75, 3.05) is 31.1 Å². The lowest BCUT2D eigenvalue weighted by atomic mass is 10.1. The van der Waals surface area contributed by atoms with E-state index in [4.69, 9.17) is 11.6 Å². The van der Waals surface area contributed by atoms with E-state index < -0.39 is 18.5 Å². The molecule has 1 fully saturated rings. The van der Waals surface area contributed by atoms with Crippen LogP contribution in [0.15, 0.2) is 41.2 Å². The SMILES string of the molecule is Cn1c(=O)cc(N2CCN(Cc3ccc(F)cc3Cl)C(COC(F)F)C2)c2nc(C#N)ccc21. The van der Waals surface area contributed by atoms with Crippen LogP contribution < -0.4 is 10.5 Å². The minimum absolute atomic E-state index is 0.203. The number of benzene rings is 1. The zero-order chi connectivity index (χ0) is 24.4. The molecule has 0 spiro atoms. The maximum Gasteiger partial charge on any atom is 0.345 e. The first kappa shape index (κ1) is 24.0. The highest BCUT2D eigenvalue weighted by Gasteiger charge is 2.30. The monoisotopic (exact) mass is 491 g/mol. The third kappa shape index (κ3) is 5.01. The van der Waals surface area contributed by atoms with Gasteiger partial charge in [-0.25, -0.2) is 9.37 Å². The van der Waals surface area contributed by atoms with Crippen molar-refractivity contribution in [3.05, 3.63) is 68.8 Å². The van der Waals surface area contributed by atoms with Gasteiger partial charge >= 0.3 is 6.61 Å². The van der Waals surface area contributed by atoms with Crippen LogP contribution in [0.3, 0.4) is 0 Å². The Balaban J connectivity index is 1.66. The van der Waals surface area contributed by atoms with E-state index in [1.165, 1.54) is 28.8 Å². The van der Waals surface area contributed by atoms with Crippen LogP contribution in [-0.4, -0.2) is 53.3 Å². The topological polar surface area (TPSA) is 74.4 Å². The average Bonchev–Trinajstić information content (AvgIpc) is 2.82. The molecule has 1 aromatic carbocycles. The number of hydrogen-bond donors (Lipinski definition) is 0. The second kappa shape index (κ2) is 10.0. The molecule has 0 radical (unpaired) electrons. The first-order valence-electron chi connectivity index (χ1n) is 10.5. The first-order chi connectivity index (χ1) is 16.3. The summed E-state index contributed by atoms with van der Waals surface area (Å²) in [6.45, 7) is -1.70. The Hall–Kier alpha value is -3.13. The molecule has 1 aliphatic rings. The fourth-order valence-electron chi connectivity index (χ4n) is 4.15. The summed E-state index contributed by atoms with van der Waals surface area (Å²) in [4.78, 5) is 20.8. The number of pyridine rings is 2. The van der Waals surface area contributed by atoms with Crippen molar-refractivity contribution < 1.29 is 17.9 Å². The molecule has 1 atom stereocenters. The van der Waals surface area contributed by atoms with Crippen LogP contribution in [0.4, 0.5) is 18.9 Å². The van der Waals surface area contributed by atoms with Gasteiger partial charge < -0.3 is 14.2 Å². The van der Waals surface area contributed by atoms with Crippen LogP contribution in [0.5, 0.6) is 0 Å². The molecular weight excluding hydrogens is 471 g/mol. The number of halogens is 4. The van der Waals surface area contributed by atoms with Gasteiger partial charge in [-0.1, -0.05) is 17.7 Å². The fourth-order valence-corrected chi connectivity index (χ4v) is 4.37. The Morgan fingerprint density at radius 2 is 2.06 bits per heavy atom. The average molecular weight is 492 g/mol. The number of nitrogens with zero attached hydrogens (tertiary/aromatic N) is 5. The number of ether oxygens (including phenoxy) is 1. The number of alkyl halides is 2. The van der Waals surface area contributed by atoms with Gasteiger partial charge in [0.15, 0.2) is 0 Å². The van der Waals surface area contributed by atoms with Crippen LogP contribution in [0.1, 0.15) is 11.3 Å². The van der Waals surface area contributed by atoms with E-state index in [0.717, 1.165) is 0 Å². The van der Waals surface area contributed by atoms with Crippen molar-refractivity contribution in [3.8, 4) is 6.07 Å². The zero-order valence-electron chi connectivity index (χ0n) is 18.2. The molecule has 4 rings (SSSR count). The largest absolute Gasteiger partial charge is 0.367 e. The Morgan fingerprint density at radius 3 is 2.76 bits per heavy atom. The third-order valence-electron chi connectivity index (χ3n) is 5.93. The van der Waals surface area contributed by atoms with Crippen molar-refractivity contribution in [3.63, 3.8) is 0 Å². The van der Waals surface area contributed by atoms with Crippen LogP contribution in [0.2, 0.25) is 5.02 Å². The molecule has 11 heteroatoms. The first-order valence-corrected chi connectivity index (χ1v) is 10.9. The van der Waals surface area contributed by atoms with Crippen molar-refractivity contribution in [1.82, 2.24) is 14.5 Å². The molecule has 2 aromatic heterocycles. The Morgan fingerprint density at radius 1 is 1.26 bits per heavy atom. The van der Waals surface area contributed by atoms with Crippen molar-refractivity contribution in [2.45, 2.75) is 19.2 Å². The number of aromatic nitrogens is 2. The number of aryl methyl sites for hydroxylation is 1. The molecular formula is C23H21ClF3N5O2. The molecule has 1 saturated heterocycles. The summed E-state index contributed by atoms with van der Waals surface area (Å²) in [5.41, 5.74) is 2.17. The van der Waals surface area contributed by atoms with Gasteiger partial charge in [-0.15, -0.1) is 0 Å². The molecule has 0 bridgehead atoms. The Labute approximate surface area is 198 Å². The molecule has 0 aliphatic carbocycles. The molecule has 0 N–H and O–H groups in total. The summed E-state index contributed by atoms with van der Waals surface area (Å²) in [5.74, 6) is -0.460. The molecule has 34 heavy (non-hydrogen) atoms. The molecule has 178 valence electrons. The third-order valence-corrected chi connectivity index (χ3v) is 6.28. The van der Waals surface area contributed by atoms with Crippen molar-refractivity contribution in [2.24, 2.45) is 7.05 Å². The van der Waals surface area contributed by atoms with Crippen LogP contribution in [-0.2, 0) is 18.3 Å². The highest BCUT2D eigenvalue weighted by atomic mass is 35.5. The smallest absolute Gasteiger partial charge is 0.345 e. The van der Waals surface area contributed by atoms with Crippen molar-refractivity contribution >= 4 is 28.3 Å². The van der Waals surface area contributed by atoms with E-state index in [1.54, 1.807) is 19.2 Å². The van der Waals surface area contributed by atoms with E-state index in [-0.39, 0.29) is 29.4 Å². The minimum Gasteiger partial charge on any atom is -0.367 e. The van der Waals surface area contributed by atoms with Gasteiger partial charge in [0, 0.05) is 44.3 Å². The van der Waals surface area contributed by atoms with Gasteiger partial charge in [-0.05, 0) is 29.8 Å². The van der Waals surface area contributed by atoms with Crippen molar-refractivity contribution in [1.29, 1.82) is 5.26 Å². The minimum atomic E-state index is -2.93. The summed E-state index contributed by atoms with van der Waals surface area (Å²) in [6.07, 6.45) is 0. The van der Waals surface area contributed by atoms with Gasteiger partial charge in [0.25, 0.3) is 5.56 Å². The number of fused-ring (bicyclic) bond motifs is 1. The molecule has 7 nitrogen and oxygen atoms in total. The van der Waals surface area contributed by atoms with Gasteiger partial charge in [0.2, 0.25) is 0 Å². The molecule has 0 amide bonds. The predicted octanol–water partition coefficient (Wildman–Crippen LogP) is 3.53. The Kier molecular flexibility index (Phi) is 7.07. The summed E-state index contributed by atoms with van der Waals surface area (Å²) >= 11 is 6.17. The van der Waals surface area contributed by atoms with Crippen LogP contribution in [0, 0.1) is 17.1 Å². The molecule has 1 aliphatic heterocycles. The van der Waals surface area contributed by atoms with E-state index in [9.17, 15) is 23.2 Å². The second-order valence-electron chi connectivity index (χ2n) is 8.00. The lowest BCUT2D eigenvalue weighted by Crippen LogP contribution is -2.55. The fraction of sp³-hybridized carbons (Fsp3) is 0.348. The lowest BCUT2D eigenvalue weighted by Gasteiger charge is -2.42. The van der Waals surface area contributed by atoms with Gasteiger partial charge in [-0.3, -0.25) is 9.69 Å². The second-order valence-corrected chi connectivity index (χ2v) is 8.41. The van der Waals surface area contributed by atoms with Crippen LogP contribution >= 0.6 is 11.6 Å². The number of piperazine rings is 1. The van der Waals surface area contributed by atoms with Crippen LogP contribution in [0.25, 0.3) is 11.0 Å². The summed E-state index contributed by atoms with van der Waals surface area (Å²) in [7, 11) is 1.62. The molecule has 1 unspecified atom stereocenters. The van der Waals surface area contributed by atoms with Gasteiger partial charge in [0.1, 0.15) is 23.1 Å². The van der Waals surface area contributed by atoms with E-state index in [2.05, 4.69) is 9.72 Å². The Bertz CT molecular complexity index is 1310. The summed E-state index contributed by atoms with van der Waals surface area (Å²) < 4.78 is 45.2. The normalized spacial score (nSPS) is 16.9. The maximum absolute atomic E-state index is 13.4. The zero-order valence-corrected chi connectivity index (χ0v) is 19.0. The number of hydrogen-bond acceptors (Lipinski definition) is 6. The number of anilines is 1. The maximum atomic E-state index is 13.4. The molecule has 3 aromatic rings. The highest BCUT2D eigenvalue weighted by Crippen LogP contribution is 2.28. The molecule has 0 saturated carbocycles. The van der Waals surface area contributed by atoms with E-state index in [1.807, 2.05) is 15.9 Å². The predicted molar refractivity (Wildman–Crippen MR) is 121 cm³/mol. The summed E-state index contributed by atoms with van der Waals surface area (Å²) in [6, 6.07) is 10.2. The molecule has 3 heterocycles. The number of nitriles is 1. The lowest BCUT2D eigenvalue weighted by molar-refractivity contribution is -0.142. The highest BCUT2D eigenvalue weighted by molar-refractivity contribution is 6.31. The number of rotatable bonds is 6. The standard InChI is InChI=1S/C23H21ClF3N5O2/c1-30-19-5-4-16(10-28)29-22(19)20(9-21(30)33)32-7-6-31(17(12-32)13-34-23(26)27)11-14-2-3-15(25)8-18(14)24/h2-5,8-9,17,23H,6-7,11-13H2,1H3. The summed E-state index contributed by atoms with van der Waals surface area (Å²) in [5, 5.41) is 9.53. The van der Waals surface area contributed by atoms with E-state index >= 15 is 0 Å². The van der Waals surface area contributed by atoms with Gasteiger partial charge in [0.05, 0.1) is 23.9 Å². The van der Waals surface area contributed by atoms with Gasteiger partial charge in [-0.2, -0.15) is 14.0 Å². The van der Waals surface area contributed by atoms with E-state index in [0.29, 0.717) is 41.9 Å². The quantitative estimate of drug-likeness (QED) is 0.525.